The van der Waals surface area contributed by atoms with Crippen molar-refractivity contribution in [2.45, 2.75) is 57.9 Å². The van der Waals surface area contributed by atoms with Gasteiger partial charge in [-0.05, 0) is 51.7 Å². The molecule has 0 aromatic carbocycles. The molecule has 20 heavy (non-hydrogen) atoms. The molecule has 0 spiro atoms. The fourth-order valence-corrected chi connectivity index (χ4v) is 4.09. The van der Waals surface area contributed by atoms with Crippen LogP contribution in [0.15, 0.2) is 5.38 Å². The summed E-state index contributed by atoms with van der Waals surface area (Å²) in [5, 5.41) is 7.40. The Kier molecular flexibility index (Phi) is 5.58. The highest BCUT2D eigenvalue weighted by atomic mass is 32.1. The number of nitrogens with one attached hydrogen (secondary N) is 1. The molecule has 1 N–H and O–H groups in total. The van der Waals surface area contributed by atoms with Gasteiger partial charge in [0.25, 0.3) is 0 Å². The lowest BCUT2D eigenvalue weighted by atomic mass is 9.90. The third-order valence-corrected chi connectivity index (χ3v) is 5.36. The molecule has 2 heterocycles. The van der Waals surface area contributed by atoms with Gasteiger partial charge in [-0.25, -0.2) is 4.98 Å². The molecule has 1 aliphatic rings. The number of likely N-dealkylation sites (tertiary alicyclic amines) is 1. The van der Waals surface area contributed by atoms with Gasteiger partial charge in [-0.1, -0.05) is 20.8 Å². The summed E-state index contributed by atoms with van der Waals surface area (Å²) in [5.41, 5.74) is 1.36. The van der Waals surface area contributed by atoms with E-state index in [1.807, 2.05) is 11.3 Å². The van der Waals surface area contributed by atoms with E-state index in [9.17, 15) is 0 Å². The monoisotopic (exact) mass is 295 g/mol. The van der Waals surface area contributed by atoms with E-state index in [2.05, 4.69) is 43.4 Å². The Morgan fingerprint density at radius 1 is 1.40 bits per heavy atom. The SMILES string of the molecule is CCCNC1(c2nc(C(C)C)cs2)CCCN(C)CC1. The highest BCUT2D eigenvalue weighted by molar-refractivity contribution is 7.09. The average molecular weight is 295 g/mol. The number of aromatic nitrogens is 1. The average Bonchev–Trinajstić information content (AvgIpc) is 2.85. The van der Waals surface area contributed by atoms with Crippen LogP contribution in [0.1, 0.15) is 63.1 Å². The molecule has 2 rings (SSSR count). The Bertz CT molecular complexity index is 412. The summed E-state index contributed by atoms with van der Waals surface area (Å²) in [7, 11) is 2.23. The number of hydrogen-bond donors (Lipinski definition) is 1. The van der Waals surface area contributed by atoms with Gasteiger partial charge in [0.15, 0.2) is 0 Å². The molecule has 1 atom stereocenters. The summed E-state index contributed by atoms with van der Waals surface area (Å²) in [5.74, 6) is 0.525. The second-order valence-electron chi connectivity index (χ2n) is 6.40. The molecule has 0 aliphatic carbocycles. The van der Waals surface area contributed by atoms with E-state index >= 15 is 0 Å². The molecule has 1 saturated heterocycles. The first kappa shape index (κ1) is 15.9. The Hall–Kier alpha value is -0.450. The fourth-order valence-electron chi connectivity index (χ4n) is 2.87. The van der Waals surface area contributed by atoms with Gasteiger partial charge < -0.3 is 10.2 Å². The van der Waals surface area contributed by atoms with Crippen molar-refractivity contribution in [3.8, 4) is 0 Å². The van der Waals surface area contributed by atoms with Crippen LogP contribution in [0.5, 0.6) is 0 Å². The van der Waals surface area contributed by atoms with Crippen LogP contribution < -0.4 is 5.32 Å². The Morgan fingerprint density at radius 2 is 2.20 bits per heavy atom. The van der Waals surface area contributed by atoms with Crippen molar-refractivity contribution in [1.82, 2.24) is 15.2 Å². The summed E-state index contributed by atoms with van der Waals surface area (Å²) < 4.78 is 0. The molecule has 0 amide bonds. The van der Waals surface area contributed by atoms with Crippen molar-refractivity contribution in [1.29, 1.82) is 0 Å². The first-order valence-corrected chi connectivity index (χ1v) is 8.85. The van der Waals surface area contributed by atoms with Crippen LogP contribution >= 0.6 is 11.3 Å². The molecule has 1 aromatic heterocycles. The van der Waals surface area contributed by atoms with Gasteiger partial charge in [0.2, 0.25) is 0 Å². The van der Waals surface area contributed by atoms with E-state index in [-0.39, 0.29) is 5.54 Å². The number of rotatable bonds is 5. The highest BCUT2D eigenvalue weighted by Crippen LogP contribution is 2.35. The van der Waals surface area contributed by atoms with Crippen LogP contribution in [0, 0.1) is 0 Å². The quantitative estimate of drug-likeness (QED) is 0.900. The topological polar surface area (TPSA) is 28.2 Å². The van der Waals surface area contributed by atoms with Crippen molar-refractivity contribution >= 4 is 11.3 Å². The predicted octanol–water partition coefficient (Wildman–Crippen LogP) is 3.58. The molecule has 4 heteroatoms. The lowest BCUT2D eigenvalue weighted by Crippen LogP contribution is -2.43. The highest BCUT2D eigenvalue weighted by Gasteiger charge is 2.36. The third kappa shape index (κ3) is 3.60. The van der Waals surface area contributed by atoms with Crippen LogP contribution in [-0.2, 0) is 5.54 Å². The lowest BCUT2D eigenvalue weighted by Gasteiger charge is -2.32. The van der Waals surface area contributed by atoms with Crippen LogP contribution in [0.2, 0.25) is 0 Å². The van der Waals surface area contributed by atoms with E-state index in [0.29, 0.717) is 5.92 Å². The maximum absolute atomic E-state index is 4.96. The molecule has 0 radical (unpaired) electrons. The maximum atomic E-state index is 4.96. The standard InChI is InChI=1S/C16H29N3S/c1-5-9-17-16(7-6-10-19(4)11-8-16)15-18-14(12-20-15)13(2)3/h12-13,17H,5-11H2,1-4H3. The molecular weight excluding hydrogens is 266 g/mol. The van der Waals surface area contributed by atoms with Gasteiger partial charge in [0.05, 0.1) is 11.2 Å². The van der Waals surface area contributed by atoms with Crippen LogP contribution in [0.25, 0.3) is 0 Å². The second-order valence-corrected chi connectivity index (χ2v) is 7.26. The number of thiazole rings is 1. The minimum Gasteiger partial charge on any atom is -0.306 e. The van der Waals surface area contributed by atoms with Crippen LogP contribution in [0.4, 0.5) is 0 Å². The third-order valence-electron chi connectivity index (χ3n) is 4.30. The molecule has 3 nitrogen and oxygen atoms in total. The van der Waals surface area contributed by atoms with Gasteiger partial charge >= 0.3 is 0 Å². The van der Waals surface area contributed by atoms with Gasteiger partial charge in [0.1, 0.15) is 5.01 Å². The number of nitrogens with zero attached hydrogens (tertiary/aromatic N) is 2. The first-order chi connectivity index (χ1) is 9.57. The van der Waals surface area contributed by atoms with E-state index in [1.54, 1.807) is 0 Å². The summed E-state index contributed by atoms with van der Waals surface area (Å²) in [6.45, 7) is 10.1. The van der Waals surface area contributed by atoms with Gasteiger partial charge in [0, 0.05) is 11.9 Å². The largest absolute Gasteiger partial charge is 0.306 e. The van der Waals surface area contributed by atoms with Gasteiger partial charge in [-0.3, -0.25) is 0 Å². The normalized spacial score (nSPS) is 25.1. The zero-order valence-corrected chi connectivity index (χ0v) is 14.2. The van der Waals surface area contributed by atoms with Crippen LogP contribution in [0.3, 0.4) is 0 Å². The summed E-state index contributed by atoms with van der Waals surface area (Å²) in [6.07, 6.45) is 4.82. The van der Waals surface area contributed by atoms with E-state index in [1.165, 1.54) is 42.9 Å². The fraction of sp³-hybridized carbons (Fsp3) is 0.812. The number of hydrogen-bond acceptors (Lipinski definition) is 4. The summed E-state index contributed by atoms with van der Waals surface area (Å²) >= 11 is 1.85. The Labute approximate surface area is 127 Å². The predicted molar refractivity (Wildman–Crippen MR) is 87.5 cm³/mol. The molecule has 0 bridgehead atoms. The molecule has 114 valence electrons. The molecule has 1 aliphatic heterocycles. The van der Waals surface area contributed by atoms with Crippen molar-refractivity contribution in [3.05, 3.63) is 16.1 Å². The van der Waals surface area contributed by atoms with E-state index in [0.717, 1.165) is 13.1 Å². The van der Waals surface area contributed by atoms with Gasteiger partial charge in [-0.15, -0.1) is 11.3 Å². The molecule has 0 saturated carbocycles. The smallest absolute Gasteiger partial charge is 0.113 e. The van der Waals surface area contributed by atoms with E-state index < -0.39 is 0 Å². The maximum Gasteiger partial charge on any atom is 0.113 e. The zero-order chi connectivity index (χ0) is 14.6. The minimum absolute atomic E-state index is 0.110. The molecule has 1 aromatic rings. The van der Waals surface area contributed by atoms with Crippen LogP contribution in [-0.4, -0.2) is 36.6 Å². The Morgan fingerprint density at radius 3 is 2.85 bits per heavy atom. The summed E-state index contributed by atoms with van der Waals surface area (Å²) in [6, 6.07) is 0. The van der Waals surface area contributed by atoms with Crippen molar-refractivity contribution in [2.75, 3.05) is 26.7 Å². The Balaban J connectivity index is 2.24. The lowest BCUT2D eigenvalue weighted by molar-refractivity contribution is 0.279. The zero-order valence-electron chi connectivity index (χ0n) is 13.4. The first-order valence-electron chi connectivity index (χ1n) is 7.97. The summed E-state index contributed by atoms with van der Waals surface area (Å²) in [4.78, 5) is 7.41. The van der Waals surface area contributed by atoms with Crippen molar-refractivity contribution < 1.29 is 0 Å². The molecular formula is C16H29N3S. The molecule has 1 unspecified atom stereocenters. The van der Waals surface area contributed by atoms with Gasteiger partial charge in [-0.2, -0.15) is 0 Å². The minimum atomic E-state index is 0.110. The van der Waals surface area contributed by atoms with E-state index in [4.69, 9.17) is 4.98 Å². The molecule has 1 fully saturated rings. The van der Waals surface area contributed by atoms with Crippen molar-refractivity contribution in [2.24, 2.45) is 0 Å². The second kappa shape index (κ2) is 7.01. The van der Waals surface area contributed by atoms with Crippen molar-refractivity contribution in [3.63, 3.8) is 0 Å².